The largest absolute Gasteiger partial charge is 0.339 e. The summed E-state index contributed by atoms with van der Waals surface area (Å²) in [5, 5.41) is 0.849. The Balaban J connectivity index is 1.97. The molecule has 0 aliphatic heterocycles. The number of hydrogen-bond acceptors (Lipinski definition) is 3. The normalized spacial score (nSPS) is 12.3. The molecule has 1 unspecified atom stereocenters. The number of fused-ring (bicyclic) bond motifs is 1. The number of pyridine rings is 2. The van der Waals surface area contributed by atoms with Crippen molar-refractivity contribution in [3.63, 3.8) is 0 Å². The maximum Gasteiger partial charge on any atom is 0.262 e. The van der Waals surface area contributed by atoms with Gasteiger partial charge in [-0.05, 0) is 59.7 Å². The number of hydrogen-bond donors (Lipinski definition) is 2. The van der Waals surface area contributed by atoms with Gasteiger partial charge in [0.1, 0.15) is 17.3 Å². The standard InChI is InChI=1S/C19H15FN4O2S/c1-24(27(25)26)16-7-6-15-17(12-8-10-21-11-9-12)18(23-19(15)22-16)13-2-4-14(20)5-3-13/h2-11H,1H3,(H,22,23)(H,25,26). The highest BCUT2D eigenvalue weighted by atomic mass is 32.2. The van der Waals surface area contributed by atoms with E-state index in [0.717, 1.165) is 32.1 Å². The number of halogens is 1. The van der Waals surface area contributed by atoms with Gasteiger partial charge in [0.15, 0.2) is 0 Å². The maximum atomic E-state index is 13.4. The van der Waals surface area contributed by atoms with Crippen LogP contribution in [0.2, 0.25) is 0 Å². The Kier molecular flexibility index (Phi) is 4.43. The van der Waals surface area contributed by atoms with Crippen LogP contribution >= 0.6 is 0 Å². The van der Waals surface area contributed by atoms with Crippen molar-refractivity contribution < 1.29 is 13.2 Å². The number of rotatable bonds is 4. The molecule has 3 heterocycles. The van der Waals surface area contributed by atoms with Crippen LogP contribution in [0.15, 0.2) is 60.9 Å². The van der Waals surface area contributed by atoms with Crippen molar-refractivity contribution >= 4 is 28.1 Å². The Labute approximate surface area is 157 Å². The third-order valence-electron chi connectivity index (χ3n) is 4.30. The molecule has 0 spiro atoms. The molecule has 1 aromatic carbocycles. The molecule has 0 saturated heterocycles. The first-order valence-corrected chi connectivity index (χ1v) is 9.14. The fraction of sp³-hybridized carbons (Fsp3) is 0.0526. The Hall–Kier alpha value is -3.10. The first-order chi connectivity index (χ1) is 13.0. The van der Waals surface area contributed by atoms with Crippen molar-refractivity contribution in [3.05, 3.63) is 66.7 Å². The first-order valence-electron chi connectivity index (χ1n) is 8.08. The van der Waals surface area contributed by atoms with Gasteiger partial charge in [-0.2, -0.15) is 0 Å². The van der Waals surface area contributed by atoms with Crippen molar-refractivity contribution in [3.8, 4) is 22.4 Å². The van der Waals surface area contributed by atoms with Crippen LogP contribution in [0.1, 0.15) is 0 Å². The van der Waals surface area contributed by atoms with Gasteiger partial charge in [-0.25, -0.2) is 13.6 Å². The molecular formula is C19H15FN4O2S. The highest BCUT2D eigenvalue weighted by Crippen LogP contribution is 2.38. The molecule has 27 heavy (non-hydrogen) atoms. The van der Waals surface area contributed by atoms with Gasteiger partial charge in [0, 0.05) is 30.4 Å². The lowest BCUT2D eigenvalue weighted by molar-refractivity contribution is 0.562. The van der Waals surface area contributed by atoms with Crippen LogP contribution in [0.4, 0.5) is 10.2 Å². The topological polar surface area (TPSA) is 82.1 Å². The quantitative estimate of drug-likeness (QED) is 0.523. The van der Waals surface area contributed by atoms with E-state index in [9.17, 15) is 13.2 Å². The molecule has 0 saturated carbocycles. The molecule has 8 heteroatoms. The summed E-state index contributed by atoms with van der Waals surface area (Å²) in [6.45, 7) is 0. The van der Waals surface area contributed by atoms with Gasteiger partial charge < -0.3 is 4.98 Å². The third kappa shape index (κ3) is 3.20. The molecule has 0 aliphatic rings. The van der Waals surface area contributed by atoms with E-state index in [4.69, 9.17) is 0 Å². The SMILES string of the molecule is CN(c1ccc2c(-c3ccncc3)c(-c3ccc(F)cc3)[nH]c2n1)S(=O)O. The summed E-state index contributed by atoms with van der Waals surface area (Å²) < 4.78 is 35.1. The van der Waals surface area contributed by atoms with E-state index in [1.807, 2.05) is 18.2 Å². The predicted octanol–water partition coefficient (Wildman–Crippen LogP) is 4.00. The van der Waals surface area contributed by atoms with Crippen LogP contribution in [-0.4, -0.2) is 30.8 Å². The number of anilines is 1. The molecule has 0 radical (unpaired) electrons. The van der Waals surface area contributed by atoms with E-state index in [0.29, 0.717) is 11.5 Å². The van der Waals surface area contributed by atoms with Crippen molar-refractivity contribution in [2.24, 2.45) is 0 Å². The minimum Gasteiger partial charge on any atom is -0.339 e. The van der Waals surface area contributed by atoms with E-state index in [2.05, 4.69) is 15.0 Å². The minimum absolute atomic E-state index is 0.312. The van der Waals surface area contributed by atoms with E-state index >= 15 is 0 Å². The van der Waals surface area contributed by atoms with Crippen LogP contribution in [0, 0.1) is 5.82 Å². The average molecular weight is 382 g/mol. The summed E-state index contributed by atoms with van der Waals surface area (Å²) in [7, 11) is 1.48. The van der Waals surface area contributed by atoms with E-state index < -0.39 is 11.3 Å². The monoisotopic (exact) mass is 382 g/mol. The smallest absolute Gasteiger partial charge is 0.262 e. The molecule has 4 rings (SSSR count). The van der Waals surface area contributed by atoms with Crippen LogP contribution in [0.5, 0.6) is 0 Å². The molecular weight excluding hydrogens is 367 g/mol. The van der Waals surface area contributed by atoms with Gasteiger partial charge in [0.25, 0.3) is 11.3 Å². The van der Waals surface area contributed by atoms with Gasteiger partial charge in [0.05, 0.1) is 5.69 Å². The number of aromatic nitrogens is 3. The summed E-state index contributed by atoms with van der Waals surface area (Å²) >= 11 is -2.17. The Morgan fingerprint density at radius 3 is 2.41 bits per heavy atom. The number of aromatic amines is 1. The Morgan fingerprint density at radius 1 is 1.04 bits per heavy atom. The lowest BCUT2D eigenvalue weighted by Crippen LogP contribution is -2.20. The first kappa shape index (κ1) is 17.3. The second-order valence-electron chi connectivity index (χ2n) is 5.91. The molecule has 4 aromatic rings. The molecule has 0 bridgehead atoms. The predicted molar refractivity (Wildman–Crippen MR) is 104 cm³/mol. The van der Waals surface area contributed by atoms with E-state index in [1.54, 1.807) is 30.6 Å². The summed E-state index contributed by atoms with van der Waals surface area (Å²) in [4.78, 5) is 11.8. The molecule has 6 nitrogen and oxygen atoms in total. The molecule has 0 fully saturated rings. The zero-order chi connectivity index (χ0) is 19.0. The number of H-pyrrole nitrogens is 1. The highest BCUT2D eigenvalue weighted by Gasteiger charge is 2.18. The molecule has 0 aliphatic carbocycles. The second kappa shape index (κ2) is 6.90. The lowest BCUT2D eigenvalue weighted by Gasteiger charge is -2.12. The summed E-state index contributed by atoms with van der Waals surface area (Å²) in [5.41, 5.74) is 4.00. The van der Waals surface area contributed by atoms with Crippen LogP contribution in [0.25, 0.3) is 33.4 Å². The summed E-state index contributed by atoms with van der Waals surface area (Å²) in [5.74, 6) is 0.0456. The van der Waals surface area contributed by atoms with Gasteiger partial charge >= 0.3 is 0 Å². The Bertz CT molecular complexity index is 1130. The maximum absolute atomic E-state index is 13.4. The second-order valence-corrected chi connectivity index (χ2v) is 6.92. The highest BCUT2D eigenvalue weighted by molar-refractivity contribution is 7.80. The molecule has 0 amide bonds. The van der Waals surface area contributed by atoms with Gasteiger partial charge in [-0.1, -0.05) is 0 Å². The fourth-order valence-electron chi connectivity index (χ4n) is 2.97. The summed E-state index contributed by atoms with van der Waals surface area (Å²) in [6, 6.07) is 13.5. The molecule has 3 aromatic heterocycles. The fourth-order valence-corrected chi connectivity index (χ4v) is 3.23. The van der Waals surface area contributed by atoms with Crippen molar-refractivity contribution in [2.75, 3.05) is 11.4 Å². The van der Waals surface area contributed by atoms with Crippen LogP contribution in [-0.2, 0) is 11.3 Å². The van der Waals surface area contributed by atoms with Crippen LogP contribution in [0.3, 0.4) is 0 Å². The van der Waals surface area contributed by atoms with E-state index in [-0.39, 0.29) is 5.82 Å². The van der Waals surface area contributed by atoms with E-state index in [1.165, 1.54) is 19.2 Å². The van der Waals surface area contributed by atoms with Gasteiger partial charge in [-0.3, -0.25) is 13.8 Å². The van der Waals surface area contributed by atoms with Gasteiger partial charge in [-0.15, -0.1) is 0 Å². The zero-order valence-electron chi connectivity index (χ0n) is 14.3. The van der Waals surface area contributed by atoms with Crippen molar-refractivity contribution in [1.29, 1.82) is 0 Å². The molecule has 136 valence electrons. The summed E-state index contributed by atoms with van der Waals surface area (Å²) in [6.07, 6.45) is 3.40. The Morgan fingerprint density at radius 2 is 1.74 bits per heavy atom. The number of benzene rings is 1. The number of nitrogens with one attached hydrogen (secondary N) is 1. The molecule has 1 atom stereocenters. The minimum atomic E-state index is -2.17. The van der Waals surface area contributed by atoms with Crippen molar-refractivity contribution in [2.45, 2.75) is 0 Å². The molecule has 2 N–H and O–H groups in total. The van der Waals surface area contributed by atoms with Crippen LogP contribution < -0.4 is 4.31 Å². The number of nitrogens with zero attached hydrogens (tertiary/aromatic N) is 3. The zero-order valence-corrected chi connectivity index (χ0v) is 15.1. The van der Waals surface area contributed by atoms with Gasteiger partial charge in [0.2, 0.25) is 0 Å². The lowest BCUT2D eigenvalue weighted by atomic mass is 10.00. The average Bonchev–Trinajstić information content (AvgIpc) is 3.07. The third-order valence-corrected chi connectivity index (χ3v) is 4.96. The van der Waals surface area contributed by atoms with Crippen molar-refractivity contribution in [1.82, 2.24) is 15.0 Å².